The number of allylic oxidation sites excluding steroid dienone is 1. The summed E-state index contributed by atoms with van der Waals surface area (Å²) in [6.07, 6.45) is 1.62. The van der Waals surface area contributed by atoms with Crippen molar-refractivity contribution in [1.82, 2.24) is 0 Å². The molecular weight excluding hydrogens is 408 g/mol. The smallest absolute Gasteiger partial charge is 0.345 e. The van der Waals surface area contributed by atoms with Gasteiger partial charge < -0.3 is 18.9 Å². The number of Topliss-reactive ketones (excluding diaryl/α,β-unsaturated/α-hetero) is 1. The van der Waals surface area contributed by atoms with Gasteiger partial charge in [0.25, 0.3) is 0 Å². The van der Waals surface area contributed by atoms with E-state index < -0.39 is 5.97 Å². The van der Waals surface area contributed by atoms with Gasteiger partial charge in [0.05, 0.1) is 16.1 Å². The zero-order valence-corrected chi connectivity index (χ0v) is 16.1. The molecule has 6 nitrogen and oxygen atoms in total. The van der Waals surface area contributed by atoms with Gasteiger partial charge in [-0.25, -0.2) is 4.79 Å². The molecule has 2 aliphatic rings. The van der Waals surface area contributed by atoms with Crippen molar-refractivity contribution in [1.29, 1.82) is 0 Å². The van der Waals surface area contributed by atoms with Gasteiger partial charge in [-0.15, -0.1) is 0 Å². The number of halogens is 1. The van der Waals surface area contributed by atoms with Crippen LogP contribution in [0.4, 0.5) is 0 Å². The van der Waals surface area contributed by atoms with Crippen LogP contribution in [0.3, 0.4) is 0 Å². The average molecular weight is 421 g/mol. The number of fused-ring (bicyclic) bond motifs is 2. The molecule has 0 radical (unpaired) electrons. The molecule has 0 spiro atoms. The normalized spacial score (nSPS) is 15.1. The SMILES string of the molecule is O=C(Oc1ccc2c(c1)O/C(=C\c1ccc3c(c1)OCO3)C2=O)c1ccccc1Cl. The molecule has 2 aliphatic heterocycles. The maximum atomic E-state index is 12.7. The van der Waals surface area contributed by atoms with E-state index in [0.717, 1.165) is 5.56 Å². The number of carbonyl (C=O) groups is 2. The van der Waals surface area contributed by atoms with E-state index in [1.54, 1.807) is 60.7 Å². The van der Waals surface area contributed by atoms with Crippen LogP contribution in [0, 0.1) is 0 Å². The first-order valence-corrected chi connectivity index (χ1v) is 9.41. The van der Waals surface area contributed by atoms with Gasteiger partial charge in [-0.2, -0.15) is 0 Å². The number of carbonyl (C=O) groups excluding carboxylic acids is 2. The first-order chi connectivity index (χ1) is 14.6. The van der Waals surface area contributed by atoms with Crippen molar-refractivity contribution in [2.45, 2.75) is 0 Å². The van der Waals surface area contributed by atoms with Crippen LogP contribution in [0.5, 0.6) is 23.0 Å². The number of hydrogen-bond donors (Lipinski definition) is 0. The van der Waals surface area contributed by atoms with Gasteiger partial charge in [0.1, 0.15) is 11.5 Å². The third-order valence-corrected chi connectivity index (χ3v) is 4.97. The van der Waals surface area contributed by atoms with Gasteiger partial charge in [-0.3, -0.25) is 4.79 Å². The fraction of sp³-hybridized carbons (Fsp3) is 0.0435. The Morgan fingerprint density at radius 3 is 2.67 bits per heavy atom. The van der Waals surface area contributed by atoms with Crippen molar-refractivity contribution in [2.75, 3.05) is 6.79 Å². The third-order valence-electron chi connectivity index (χ3n) is 4.64. The van der Waals surface area contributed by atoms with Crippen LogP contribution in [-0.2, 0) is 0 Å². The lowest BCUT2D eigenvalue weighted by molar-refractivity contribution is 0.0734. The van der Waals surface area contributed by atoms with Gasteiger partial charge in [0, 0.05) is 6.07 Å². The van der Waals surface area contributed by atoms with Gasteiger partial charge >= 0.3 is 5.97 Å². The summed E-state index contributed by atoms with van der Waals surface area (Å²) in [6, 6.07) is 16.5. The zero-order valence-electron chi connectivity index (χ0n) is 15.4. The fourth-order valence-electron chi connectivity index (χ4n) is 3.17. The highest BCUT2D eigenvalue weighted by Gasteiger charge is 2.28. The number of ketones is 1. The highest BCUT2D eigenvalue weighted by molar-refractivity contribution is 6.33. The number of hydrogen-bond acceptors (Lipinski definition) is 6. The standard InChI is InChI=1S/C23H13ClO6/c24-17-4-2-1-3-15(17)23(26)29-14-6-7-16-19(11-14)30-21(22(16)25)10-13-5-8-18-20(9-13)28-12-27-18/h1-11H,12H2/b21-10-. The van der Waals surface area contributed by atoms with Crippen LogP contribution in [0.25, 0.3) is 6.08 Å². The van der Waals surface area contributed by atoms with Crippen LogP contribution in [0.15, 0.2) is 66.4 Å². The highest BCUT2D eigenvalue weighted by atomic mass is 35.5. The Kier molecular flexibility index (Phi) is 4.41. The van der Waals surface area contributed by atoms with Crippen LogP contribution in [-0.4, -0.2) is 18.5 Å². The number of ether oxygens (including phenoxy) is 4. The number of benzene rings is 3. The molecule has 0 fully saturated rings. The number of esters is 1. The molecule has 0 bridgehead atoms. The monoisotopic (exact) mass is 420 g/mol. The van der Waals surface area contributed by atoms with Crippen molar-refractivity contribution in [3.63, 3.8) is 0 Å². The quantitative estimate of drug-likeness (QED) is 0.341. The molecule has 0 atom stereocenters. The Hall–Kier alpha value is -3.77. The van der Waals surface area contributed by atoms with E-state index in [0.29, 0.717) is 27.8 Å². The molecule has 3 aromatic rings. The topological polar surface area (TPSA) is 71.1 Å². The lowest BCUT2D eigenvalue weighted by Crippen LogP contribution is -2.09. The summed E-state index contributed by atoms with van der Waals surface area (Å²) in [4.78, 5) is 25.0. The van der Waals surface area contributed by atoms with E-state index in [-0.39, 0.29) is 29.6 Å². The second-order valence-corrected chi connectivity index (χ2v) is 6.99. The van der Waals surface area contributed by atoms with Crippen molar-refractivity contribution in [3.8, 4) is 23.0 Å². The molecule has 0 amide bonds. The molecular formula is C23H13ClO6. The van der Waals surface area contributed by atoms with Gasteiger partial charge in [-0.05, 0) is 48.0 Å². The van der Waals surface area contributed by atoms with Crippen LogP contribution < -0.4 is 18.9 Å². The molecule has 5 rings (SSSR count). The molecule has 0 N–H and O–H groups in total. The lowest BCUT2D eigenvalue weighted by atomic mass is 10.1. The van der Waals surface area contributed by atoms with Gasteiger partial charge in [0.2, 0.25) is 12.6 Å². The molecule has 0 unspecified atom stereocenters. The first-order valence-electron chi connectivity index (χ1n) is 9.03. The Balaban J connectivity index is 1.38. The summed E-state index contributed by atoms with van der Waals surface area (Å²) in [5.41, 5.74) is 1.38. The summed E-state index contributed by atoms with van der Waals surface area (Å²) in [6.45, 7) is 0.173. The minimum absolute atomic E-state index is 0.165. The summed E-state index contributed by atoms with van der Waals surface area (Å²) < 4.78 is 21.7. The molecule has 2 heterocycles. The van der Waals surface area contributed by atoms with Gasteiger partial charge in [0.15, 0.2) is 17.3 Å². The van der Waals surface area contributed by atoms with Crippen molar-refractivity contribution >= 4 is 29.4 Å². The molecule has 0 aromatic heterocycles. The summed E-state index contributed by atoms with van der Waals surface area (Å²) >= 11 is 6.04. The van der Waals surface area contributed by atoms with Crippen molar-refractivity contribution in [2.24, 2.45) is 0 Å². The van der Waals surface area contributed by atoms with E-state index >= 15 is 0 Å². The third kappa shape index (κ3) is 3.27. The summed E-state index contributed by atoms with van der Waals surface area (Å²) in [5, 5.41) is 0.295. The molecule has 0 aliphatic carbocycles. The van der Waals surface area contributed by atoms with Crippen molar-refractivity contribution < 1.29 is 28.5 Å². The molecule has 3 aromatic carbocycles. The largest absolute Gasteiger partial charge is 0.454 e. The van der Waals surface area contributed by atoms with E-state index in [4.69, 9.17) is 30.5 Å². The summed E-state index contributed by atoms with van der Waals surface area (Å²) in [7, 11) is 0. The zero-order chi connectivity index (χ0) is 20.7. The molecule has 7 heteroatoms. The first kappa shape index (κ1) is 18.3. The van der Waals surface area contributed by atoms with E-state index in [1.165, 1.54) is 6.07 Å². The second kappa shape index (κ2) is 7.24. The van der Waals surface area contributed by atoms with Crippen molar-refractivity contribution in [3.05, 3.63) is 88.1 Å². The van der Waals surface area contributed by atoms with Crippen LogP contribution in [0.2, 0.25) is 5.02 Å². The molecule has 0 saturated heterocycles. The van der Waals surface area contributed by atoms with Crippen LogP contribution >= 0.6 is 11.6 Å². The maximum absolute atomic E-state index is 12.7. The van der Waals surface area contributed by atoms with Crippen LogP contribution in [0.1, 0.15) is 26.3 Å². The van der Waals surface area contributed by atoms with E-state index in [2.05, 4.69) is 0 Å². The minimum atomic E-state index is -0.596. The second-order valence-electron chi connectivity index (χ2n) is 6.58. The summed E-state index contributed by atoms with van der Waals surface area (Å²) in [5.74, 6) is 1.14. The highest BCUT2D eigenvalue weighted by Crippen LogP contribution is 2.37. The average Bonchev–Trinajstić information content (AvgIpc) is 3.32. The Morgan fingerprint density at radius 1 is 0.967 bits per heavy atom. The molecule has 0 saturated carbocycles. The van der Waals surface area contributed by atoms with E-state index in [1.807, 2.05) is 0 Å². The number of rotatable bonds is 3. The Morgan fingerprint density at radius 2 is 1.80 bits per heavy atom. The fourth-order valence-corrected chi connectivity index (χ4v) is 3.39. The lowest BCUT2D eigenvalue weighted by Gasteiger charge is -2.06. The van der Waals surface area contributed by atoms with Gasteiger partial charge in [-0.1, -0.05) is 29.8 Å². The Labute approximate surface area is 176 Å². The predicted octanol–water partition coefficient (Wildman–Crippen LogP) is 4.90. The predicted molar refractivity (Wildman–Crippen MR) is 108 cm³/mol. The maximum Gasteiger partial charge on any atom is 0.345 e. The molecule has 148 valence electrons. The Bertz CT molecular complexity index is 1230. The minimum Gasteiger partial charge on any atom is -0.454 e. The molecule has 30 heavy (non-hydrogen) atoms. The van der Waals surface area contributed by atoms with E-state index in [9.17, 15) is 9.59 Å².